The summed E-state index contributed by atoms with van der Waals surface area (Å²) < 4.78 is 13.5. The summed E-state index contributed by atoms with van der Waals surface area (Å²) in [5, 5.41) is 4.04. The van der Waals surface area contributed by atoms with Crippen molar-refractivity contribution >= 4 is 17.5 Å². The van der Waals surface area contributed by atoms with Crippen molar-refractivity contribution in [3.05, 3.63) is 5.69 Å². The quantitative estimate of drug-likeness (QED) is 0.684. The molecule has 0 aliphatic carbocycles. The fourth-order valence-corrected chi connectivity index (χ4v) is 1.31. The zero-order valence-electron chi connectivity index (χ0n) is 7.44. The molecule has 13 heavy (non-hydrogen) atoms. The summed E-state index contributed by atoms with van der Waals surface area (Å²) in [7, 11) is 0. The first-order valence-corrected chi connectivity index (χ1v) is 4.69. The number of carbonyl (C=O) groups is 1. The lowest BCUT2D eigenvalue weighted by molar-refractivity contribution is 0.0515. The van der Waals surface area contributed by atoms with Crippen molar-refractivity contribution in [3.63, 3.8) is 0 Å². The van der Waals surface area contributed by atoms with Crippen LogP contribution in [0.1, 0.15) is 24.3 Å². The molecule has 1 heterocycles. The number of carbonyl (C=O) groups excluding carboxylic acids is 1. The minimum atomic E-state index is -0.486. The molecule has 0 saturated heterocycles. The Bertz CT molecular complexity index is 287. The molecule has 0 N–H and O–H groups in total. The third-order valence-corrected chi connectivity index (χ3v) is 1.84. The molecule has 0 aliphatic heterocycles. The van der Waals surface area contributed by atoms with Crippen molar-refractivity contribution < 1.29 is 14.3 Å². The second kappa shape index (κ2) is 4.76. The molecule has 1 aromatic heterocycles. The zero-order chi connectivity index (χ0) is 9.68. The molecule has 0 saturated carbocycles. The highest BCUT2D eigenvalue weighted by atomic mass is 32.1. The highest BCUT2D eigenvalue weighted by Gasteiger charge is 2.18. The summed E-state index contributed by atoms with van der Waals surface area (Å²) >= 11 is 1.04. The number of ether oxygens (including phenoxy) is 2. The average Bonchev–Trinajstić information content (AvgIpc) is 2.54. The van der Waals surface area contributed by atoms with Crippen LogP contribution in [0.2, 0.25) is 0 Å². The molecule has 0 amide bonds. The van der Waals surface area contributed by atoms with Crippen LogP contribution in [0, 0.1) is 0 Å². The summed E-state index contributed by atoms with van der Waals surface area (Å²) in [5.41, 5.74) is 0.161. The van der Waals surface area contributed by atoms with E-state index in [1.54, 1.807) is 6.92 Å². The van der Waals surface area contributed by atoms with Gasteiger partial charge >= 0.3 is 5.97 Å². The first-order chi connectivity index (χ1) is 6.29. The lowest BCUT2D eigenvalue weighted by Gasteiger charge is -2.00. The number of rotatable bonds is 4. The molecular weight excluding hydrogens is 192 g/mol. The highest BCUT2D eigenvalue weighted by molar-refractivity contribution is 7.07. The van der Waals surface area contributed by atoms with Gasteiger partial charge in [0.2, 0.25) is 10.8 Å². The summed E-state index contributed by atoms with van der Waals surface area (Å²) in [5.74, 6) is -0.486. The Kier molecular flexibility index (Phi) is 3.63. The van der Waals surface area contributed by atoms with Gasteiger partial charge in [0.15, 0.2) is 0 Å². The summed E-state index contributed by atoms with van der Waals surface area (Å²) in [6.07, 6.45) is 0. The number of esters is 1. The SMILES string of the molecule is CCOC(=O)c1nnsc1OCC. The maximum Gasteiger partial charge on any atom is 0.363 e. The van der Waals surface area contributed by atoms with Gasteiger partial charge in [-0.25, -0.2) is 4.79 Å². The van der Waals surface area contributed by atoms with Crippen molar-refractivity contribution in [1.29, 1.82) is 0 Å². The lowest BCUT2D eigenvalue weighted by atomic mass is 10.5. The van der Waals surface area contributed by atoms with Crippen LogP contribution in [-0.4, -0.2) is 28.8 Å². The molecule has 0 radical (unpaired) electrons. The van der Waals surface area contributed by atoms with E-state index in [0.29, 0.717) is 18.3 Å². The second-order valence-electron chi connectivity index (χ2n) is 2.06. The molecule has 1 rings (SSSR count). The molecule has 6 heteroatoms. The molecule has 0 bridgehead atoms. The number of hydrogen-bond acceptors (Lipinski definition) is 6. The Hall–Kier alpha value is -1.17. The van der Waals surface area contributed by atoms with Gasteiger partial charge in [-0.1, -0.05) is 4.49 Å². The molecule has 0 aliphatic rings. The van der Waals surface area contributed by atoms with E-state index in [1.807, 2.05) is 6.92 Å². The normalized spacial score (nSPS) is 9.69. The van der Waals surface area contributed by atoms with Crippen LogP contribution < -0.4 is 4.74 Å². The predicted octanol–water partition coefficient (Wildman–Crippen LogP) is 1.11. The first-order valence-electron chi connectivity index (χ1n) is 3.91. The smallest absolute Gasteiger partial charge is 0.363 e. The van der Waals surface area contributed by atoms with Crippen molar-refractivity contribution in [3.8, 4) is 5.06 Å². The van der Waals surface area contributed by atoms with Gasteiger partial charge in [0.05, 0.1) is 13.2 Å². The molecular formula is C7H10N2O3S. The van der Waals surface area contributed by atoms with Gasteiger partial charge in [-0.15, -0.1) is 5.10 Å². The predicted molar refractivity (Wildman–Crippen MR) is 47.0 cm³/mol. The van der Waals surface area contributed by atoms with E-state index in [2.05, 4.69) is 9.59 Å². The van der Waals surface area contributed by atoms with Crippen molar-refractivity contribution in [2.45, 2.75) is 13.8 Å². The number of hydrogen-bond donors (Lipinski definition) is 0. The Morgan fingerprint density at radius 2 is 2.23 bits per heavy atom. The number of aromatic nitrogens is 2. The van der Waals surface area contributed by atoms with E-state index in [4.69, 9.17) is 9.47 Å². The van der Waals surface area contributed by atoms with Gasteiger partial charge in [-0.3, -0.25) is 0 Å². The standard InChI is InChI=1S/C7H10N2O3S/c1-3-11-6(10)5-7(12-4-2)13-9-8-5/h3-4H2,1-2H3. The van der Waals surface area contributed by atoms with E-state index in [9.17, 15) is 4.79 Å². The molecule has 5 nitrogen and oxygen atoms in total. The van der Waals surface area contributed by atoms with Crippen LogP contribution in [-0.2, 0) is 4.74 Å². The summed E-state index contributed by atoms with van der Waals surface area (Å²) in [6, 6.07) is 0. The van der Waals surface area contributed by atoms with E-state index < -0.39 is 5.97 Å². The summed E-state index contributed by atoms with van der Waals surface area (Å²) in [4.78, 5) is 11.2. The molecule has 0 fully saturated rings. The third-order valence-electron chi connectivity index (χ3n) is 1.20. The lowest BCUT2D eigenvalue weighted by Crippen LogP contribution is -2.07. The molecule has 0 atom stereocenters. The Morgan fingerprint density at radius 1 is 1.46 bits per heavy atom. The van der Waals surface area contributed by atoms with Crippen LogP contribution >= 0.6 is 11.5 Å². The van der Waals surface area contributed by atoms with Gasteiger partial charge in [-0.05, 0) is 13.8 Å². The molecule has 0 aromatic carbocycles. The molecule has 0 unspecified atom stereocenters. The van der Waals surface area contributed by atoms with E-state index in [-0.39, 0.29) is 5.69 Å². The minimum absolute atomic E-state index is 0.161. The van der Waals surface area contributed by atoms with Gasteiger partial charge in [0.25, 0.3) is 0 Å². The van der Waals surface area contributed by atoms with Crippen molar-refractivity contribution in [2.24, 2.45) is 0 Å². The maximum absolute atomic E-state index is 11.2. The summed E-state index contributed by atoms with van der Waals surface area (Å²) in [6.45, 7) is 4.37. The van der Waals surface area contributed by atoms with Crippen LogP contribution in [0.3, 0.4) is 0 Å². The molecule has 0 spiro atoms. The molecule has 72 valence electrons. The first kappa shape index (κ1) is 9.91. The van der Waals surface area contributed by atoms with Gasteiger partial charge < -0.3 is 9.47 Å². The average molecular weight is 202 g/mol. The van der Waals surface area contributed by atoms with Gasteiger partial charge in [0.1, 0.15) is 0 Å². The highest BCUT2D eigenvalue weighted by Crippen LogP contribution is 2.21. The van der Waals surface area contributed by atoms with Gasteiger partial charge in [-0.2, -0.15) is 0 Å². The largest absolute Gasteiger partial charge is 0.481 e. The van der Waals surface area contributed by atoms with E-state index in [1.165, 1.54) is 0 Å². The zero-order valence-corrected chi connectivity index (χ0v) is 8.26. The van der Waals surface area contributed by atoms with Gasteiger partial charge in [0, 0.05) is 11.5 Å². The second-order valence-corrected chi connectivity index (χ2v) is 2.78. The van der Waals surface area contributed by atoms with Crippen LogP contribution in [0.4, 0.5) is 0 Å². The Balaban J connectivity index is 2.74. The fraction of sp³-hybridized carbons (Fsp3) is 0.571. The van der Waals surface area contributed by atoms with Crippen LogP contribution in [0.25, 0.3) is 0 Å². The van der Waals surface area contributed by atoms with E-state index >= 15 is 0 Å². The monoisotopic (exact) mass is 202 g/mol. The minimum Gasteiger partial charge on any atom is -0.481 e. The van der Waals surface area contributed by atoms with Crippen molar-refractivity contribution in [2.75, 3.05) is 13.2 Å². The van der Waals surface area contributed by atoms with Crippen LogP contribution in [0.15, 0.2) is 0 Å². The van der Waals surface area contributed by atoms with Crippen LogP contribution in [0.5, 0.6) is 5.06 Å². The number of nitrogens with zero attached hydrogens (tertiary/aromatic N) is 2. The molecule has 1 aromatic rings. The third kappa shape index (κ3) is 2.38. The maximum atomic E-state index is 11.2. The Labute approximate surface area is 79.8 Å². The van der Waals surface area contributed by atoms with E-state index in [0.717, 1.165) is 11.5 Å². The van der Waals surface area contributed by atoms with Crippen molar-refractivity contribution in [1.82, 2.24) is 9.59 Å². The fourth-order valence-electron chi connectivity index (χ4n) is 0.732. The Morgan fingerprint density at radius 3 is 2.85 bits per heavy atom. The topological polar surface area (TPSA) is 61.3 Å².